The molecule has 0 aromatic heterocycles. The summed E-state index contributed by atoms with van der Waals surface area (Å²) < 4.78 is 7.08. The maximum Gasteiger partial charge on any atom is 0.159 e. The van der Waals surface area contributed by atoms with Crippen LogP contribution in [0.5, 0.6) is 11.5 Å². The molecule has 0 atom stereocenters. The lowest BCUT2D eigenvalue weighted by molar-refractivity contribution is 0.488. The molecule has 0 bridgehead atoms. The molecule has 0 saturated heterocycles. The summed E-state index contributed by atoms with van der Waals surface area (Å²) in [6, 6.07) is 77.3. The summed E-state index contributed by atoms with van der Waals surface area (Å²) in [6.07, 6.45) is 0. The van der Waals surface area contributed by atoms with Crippen LogP contribution < -0.4 is 14.5 Å². The number of benzene rings is 9. The van der Waals surface area contributed by atoms with E-state index in [4.69, 9.17) is 4.74 Å². The van der Waals surface area contributed by atoms with Crippen molar-refractivity contribution in [2.75, 3.05) is 9.80 Å². The van der Waals surface area contributed by atoms with E-state index in [1.165, 1.54) is 22.3 Å². The van der Waals surface area contributed by atoms with Crippen molar-refractivity contribution < 1.29 is 4.74 Å². The van der Waals surface area contributed by atoms with Crippen LogP contribution in [0.15, 0.2) is 218 Å². The molecule has 3 heteroatoms. The molecule has 0 radical (unpaired) electrons. The van der Waals surface area contributed by atoms with Gasteiger partial charge in [0, 0.05) is 39.4 Å². The van der Waals surface area contributed by atoms with Crippen molar-refractivity contribution in [3.8, 4) is 44.9 Å². The monoisotopic (exact) mass is 704 g/mol. The first-order valence-electron chi connectivity index (χ1n) is 18.7. The Labute approximate surface area is 321 Å². The van der Waals surface area contributed by atoms with E-state index in [1.807, 2.05) is 0 Å². The minimum atomic E-state index is 0.830. The third-order valence-corrected chi connectivity index (χ3v) is 10.4. The van der Waals surface area contributed by atoms with E-state index in [9.17, 15) is 0 Å². The van der Waals surface area contributed by atoms with Gasteiger partial charge in [0.15, 0.2) is 5.75 Å². The molecule has 1 aliphatic heterocycles. The Kier molecular flexibility index (Phi) is 8.16. The zero-order chi connectivity index (χ0) is 36.6. The van der Waals surface area contributed by atoms with Crippen LogP contribution >= 0.6 is 0 Å². The van der Waals surface area contributed by atoms with E-state index in [-0.39, 0.29) is 0 Å². The lowest BCUT2D eigenvalue weighted by Crippen LogP contribution is -2.13. The second-order valence-electron chi connectivity index (χ2n) is 13.8. The van der Waals surface area contributed by atoms with Crippen molar-refractivity contribution in [3.05, 3.63) is 218 Å². The summed E-state index contributed by atoms with van der Waals surface area (Å²) in [4.78, 5) is 4.62. The molecule has 1 heterocycles. The minimum absolute atomic E-state index is 0.830. The fourth-order valence-corrected chi connectivity index (χ4v) is 7.80. The van der Waals surface area contributed by atoms with Crippen molar-refractivity contribution in [1.82, 2.24) is 0 Å². The van der Waals surface area contributed by atoms with Gasteiger partial charge in [0.2, 0.25) is 0 Å². The molecule has 1 aliphatic rings. The molecule has 9 aromatic rings. The van der Waals surface area contributed by atoms with Crippen LogP contribution in [-0.2, 0) is 0 Å². The molecule has 0 unspecified atom stereocenters. The van der Waals surface area contributed by atoms with Crippen LogP contribution in [0.3, 0.4) is 0 Å². The number of nitrogens with zero attached hydrogens (tertiary/aromatic N) is 2. The molecule has 0 spiro atoms. The highest BCUT2D eigenvalue weighted by atomic mass is 16.5. The summed E-state index contributed by atoms with van der Waals surface area (Å²) in [6.45, 7) is 0. The highest BCUT2D eigenvalue weighted by Gasteiger charge is 2.27. The largest absolute Gasteiger partial charge is 0.454 e. The summed E-state index contributed by atoms with van der Waals surface area (Å²) in [5.41, 5.74) is 13.3. The number of fused-ring (bicyclic) bond motifs is 2. The lowest BCUT2D eigenvalue weighted by atomic mass is 9.93. The van der Waals surface area contributed by atoms with Gasteiger partial charge >= 0.3 is 0 Å². The van der Waals surface area contributed by atoms with Gasteiger partial charge in [0.25, 0.3) is 0 Å². The molecule has 0 fully saturated rings. The Morgan fingerprint density at radius 3 is 1.33 bits per heavy atom. The van der Waals surface area contributed by atoms with Crippen LogP contribution in [0.1, 0.15) is 0 Å². The first kappa shape index (κ1) is 32.3. The molecule has 55 heavy (non-hydrogen) atoms. The minimum Gasteiger partial charge on any atom is -0.454 e. The Hall–Kier alpha value is -7.36. The van der Waals surface area contributed by atoms with Crippen LogP contribution in [0.2, 0.25) is 0 Å². The normalized spacial score (nSPS) is 11.4. The summed E-state index contributed by atoms with van der Waals surface area (Å²) in [5.74, 6) is 1.67. The van der Waals surface area contributed by atoms with Crippen molar-refractivity contribution in [3.63, 3.8) is 0 Å². The number of hydrogen-bond acceptors (Lipinski definition) is 3. The Morgan fingerprint density at radius 1 is 0.309 bits per heavy atom. The molecule has 0 saturated carbocycles. The number of hydrogen-bond donors (Lipinski definition) is 0. The van der Waals surface area contributed by atoms with Gasteiger partial charge in [0.05, 0.1) is 5.69 Å². The van der Waals surface area contributed by atoms with Crippen LogP contribution in [0.4, 0.5) is 34.1 Å². The summed E-state index contributed by atoms with van der Waals surface area (Å²) in [7, 11) is 0. The maximum atomic E-state index is 7.08. The number of ether oxygens (including phenoxy) is 1. The Morgan fingerprint density at radius 2 is 0.782 bits per heavy atom. The number of rotatable bonds is 8. The quantitative estimate of drug-likeness (QED) is 0.157. The highest BCUT2D eigenvalue weighted by molar-refractivity contribution is 6.08. The van der Waals surface area contributed by atoms with Gasteiger partial charge in [-0.3, -0.25) is 0 Å². The van der Waals surface area contributed by atoms with E-state index in [0.717, 1.165) is 67.5 Å². The second-order valence-corrected chi connectivity index (χ2v) is 13.8. The molecule has 260 valence electrons. The molecule has 0 amide bonds. The fraction of sp³-hybridized carbons (Fsp3) is 0. The van der Waals surface area contributed by atoms with Crippen molar-refractivity contribution in [1.29, 1.82) is 0 Å². The number of para-hydroxylation sites is 2. The predicted octanol–water partition coefficient (Wildman–Crippen LogP) is 14.9. The van der Waals surface area contributed by atoms with E-state index in [0.29, 0.717) is 0 Å². The smallest absolute Gasteiger partial charge is 0.159 e. The van der Waals surface area contributed by atoms with Crippen LogP contribution in [-0.4, -0.2) is 0 Å². The van der Waals surface area contributed by atoms with Gasteiger partial charge in [-0.2, -0.15) is 0 Å². The van der Waals surface area contributed by atoms with E-state index in [1.54, 1.807) is 0 Å². The van der Waals surface area contributed by atoms with E-state index in [2.05, 4.69) is 228 Å². The molecule has 0 aliphatic carbocycles. The van der Waals surface area contributed by atoms with E-state index < -0.39 is 0 Å². The van der Waals surface area contributed by atoms with Crippen LogP contribution in [0.25, 0.3) is 44.2 Å². The predicted molar refractivity (Wildman–Crippen MR) is 230 cm³/mol. The standard InChI is InChI=1S/C52H36N2O/c1-5-14-37(15-6-1)39-24-29-44(30-25-39)54(45-31-26-40(27-32-45)38-16-7-2-8-17-38)49-34-28-41-18-13-23-47-48-36-46(33-35-50(48)55-52(49)51(41)47)53(42-19-9-3-10-20-42)43-21-11-4-12-22-43/h1-36H. The summed E-state index contributed by atoms with van der Waals surface area (Å²) in [5, 5.41) is 2.23. The van der Waals surface area contributed by atoms with E-state index >= 15 is 0 Å². The SMILES string of the molecule is c1ccc(-c2ccc(N(c3ccc(-c4ccccc4)cc3)c3ccc4cccc5c4c3Oc3ccc(N(c4ccccc4)c4ccccc4)cc3-5)cc2)cc1. The van der Waals surface area contributed by atoms with Gasteiger partial charge in [-0.25, -0.2) is 0 Å². The first-order valence-corrected chi connectivity index (χ1v) is 18.7. The second kappa shape index (κ2) is 13.9. The molecule has 0 N–H and O–H groups in total. The third kappa shape index (κ3) is 5.98. The van der Waals surface area contributed by atoms with Gasteiger partial charge in [-0.05, 0) is 106 Å². The van der Waals surface area contributed by atoms with Gasteiger partial charge in [-0.15, -0.1) is 0 Å². The first-order chi connectivity index (χ1) is 27.3. The average Bonchev–Trinajstić information content (AvgIpc) is 3.27. The number of anilines is 6. The van der Waals surface area contributed by atoms with Crippen molar-refractivity contribution in [2.45, 2.75) is 0 Å². The Bertz CT molecular complexity index is 2630. The van der Waals surface area contributed by atoms with Gasteiger partial charge < -0.3 is 14.5 Å². The molecule has 3 nitrogen and oxygen atoms in total. The third-order valence-electron chi connectivity index (χ3n) is 10.4. The fourth-order valence-electron chi connectivity index (χ4n) is 7.80. The molecular formula is C52H36N2O. The molecule has 10 rings (SSSR count). The zero-order valence-electron chi connectivity index (χ0n) is 30.1. The van der Waals surface area contributed by atoms with Crippen LogP contribution in [0, 0.1) is 0 Å². The molecular weight excluding hydrogens is 669 g/mol. The Balaban J connectivity index is 1.12. The van der Waals surface area contributed by atoms with Gasteiger partial charge in [-0.1, -0.05) is 146 Å². The highest BCUT2D eigenvalue weighted by Crippen LogP contribution is 2.54. The topological polar surface area (TPSA) is 15.7 Å². The summed E-state index contributed by atoms with van der Waals surface area (Å²) >= 11 is 0. The van der Waals surface area contributed by atoms with Crippen molar-refractivity contribution in [2.24, 2.45) is 0 Å². The lowest BCUT2D eigenvalue weighted by Gasteiger charge is -2.31. The van der Waals surface area contributed by atoms with Gasteiger partial charge in [0.1, 0.15) is 5.75 Å². The molecule has 9 aromatic carbocycles. The maximum absolute atomic E-state index is 7.08. The average molecular weight is 705 g/mol. The zero-order valence-corrected chi connectivity index (χ0v) is 30.1. The van der Waals surface area contributed by atoms with Crippen molar-refractivity contribution >= 4 is 44.9 Å².